The number of carboxylic acids is 1. The van der Waals surface area contributed by atoms with Gasteiger partial charge in [-0.05, 0) is 31.2 Å². The standard InChI is InChI=1S/C27H25N9O5/c1-15-23(27(40)36(34(15)2)18-5-4-6-19(9-18)41-3)26(39)32-17-7-8-20(29-11-17)24-25(28)30-12-21(33-24)16-10-31-35(13-16)14-22(37)38/h4-13H,14H2,1-3H3,(H2,28,30)(H,32,39)(H,37,38). The number of carbonyl (C=O) groups excluding carboxylic acids is 1. The summed E-state index contributed by atoms with van der Waals surface area (Å²) < 4.78 is 9.53. The number of aromatic nitrogens is 7. The molecule has 208 valence electrons. The second-order valence-electron chi connectivity index (χ2n) is 9.00. The molecule has 14 nitrogen and oxygen atoms in total. The van der Waals surface area contributed by atoms with E-state index in [2.05, 4.69) is 25.4 Å². The minimum absolute atomic E-state index is 0.00865. The van der Waals surface area contributed by atoms with Gasteiger partial charge in [0.2, 0.25) is 0 Å². The summed E-state index contributed by atoms with van der Waals surface area (Å²) in [5.41, 5.74) is 8.63. The van der Waals surface area contributed by atoms with Crippen molar-refractivity contribution in [3.8, 4) is 34.1 Å². The highest BCUT2D eigenvalue weighted by Gasteiger charge is 2.23. The molecule has 4 heterocycles. The average molecular weight is 556 g/mol. The fourth-order valence-electron chi connectivity index (χ4n) is 4.25. The molecule has 0 unspecified atom stereocenters. The van der Waals surface area contributed by atoms with Crippen LogP contribution in [0.2, 0.25) is 0 Å². The van der Waals surface area contributed by atoms with Crippen molar-refractivity contribution in [2.45, 2.75) is 13.5 Å². The Morgan fingerprint density at radius 2 is 1.90 bits per heavy atom. The molecule has 14 heteroatoms. The van der Waals surface area contributed by atoms with Gasteiger partial charge in [-0.2, -0.15) is 5.10 Å². The van der Waals surface area contributed by atoms with Crippen molar-refractivity contribution in [1.29, 1.82) is 0 Å². The number of ether oxygens (including phenoxy) is 1. The van der Waals surface area contributed by atoms with E-state index in [1.165, 1.54) is 41.3 Å². The van der Waals surface area contributed by atoms with Crippen LogP contribution in [0.4, 0.5) is 11.5 Å². The van der Waals surface area contributed by atoms with E-state index in [1.807, 2.05) is 0 Å². The highest BCUT2D eigenvalue weighted by Crippen LogP contribution is 2.25. The van der Waals surface area contributed by atoms with Gasteiger partial charge in [0.15, 0.2) is 5.82 Å². The van der Waals surface area contributed by atoms with Crippen LogP contribution in [0.5, 0.6) is 5.75 Å². The number of hydrogen-bond donors (Lipinski definition) is 3. The molecule has 0 radical (unpaired) electrons. The SMILES string of the molecule is COc1cccc(-n2c(=O)c(C(=O)Nc3ccc(-c4nc(-c5cnn(CC(=O)O)c5)cnc4N)nc3)c(C)n2C)c1. The molecule has 0 spiro atoms. The van der Waals surface area contributed by atoms with Crippen LogP contribution in [0.25, 0.3) is 28.3 Å². The van der Waals surface area contributed by atoms with Crippen molar-refractivity contribution in [2.75, 3.05) is 18.2 Å². The lowest BCUT2D eigenvalue weighted by Gasteiger charge is -2.09. The number of rotatable bonds is 8. The topological polar surface area (TPSA) is 185 Å². The van der Waals surface area contributed by atoms with Crippen LogP contribution in [0.3, 0.4) is 0 Å². The third kappa shape index (κ3) is 5.25. The summed E-state index contributed by atoms with van der Waals surface area (Å²) in [6, 6.07) is 10.2. The van der Waals surface area contributed by atoms with Crippen LogP contribution in [0.15, 0.2) is 66.0 Å². The Hall–Kier alpha value is -5.79. The summed E-state index contributed by atoms with van der Waals surface area (Å²) >= 11 is 0. The van der Waals surface area contributed by atoms with Crippen molar-refractivity contribution >= 4 is 23.4 Å². The molecule has 41 heavy (non-hydrogen) atoms. The zero-order valence-electron chi connectivity index (χ0n) is 22.3. The Morgan fingerprint density at radius 3 is 2.61 bits per heavy atom. The van der Waals surface area contributed by atoms with Gasteiger partial charge in [-0.1, -0.05) is 6.07 Å². The molecule has 0 saturated carbocycles. The van der Waals surface area contributed by atoms with Crippen LogP contribution in [0, 0.1) is 6.92 Å². The first-order valence-electron chi connectivity index (χ1n) is 12.2. The maximum atomic E-state index is 13.3. The summed E-state index contributed by atoms with van der Waals surface area (Å²) in [6.45, 7) is 1.40. The maximum absolute atomic E-state index is 13.3. The van der Waals surface area contributed by atoms with E-state index in [0.717, 1.165) is 0 Å². The molecule has 5 aromatic rings. The van der Waals surface area contributed by atoms with Crippen molar-refractivity contribution in [3.05, 3.63) is 82.8 Å². The molecule has 5 rings (SSSR count). The van der Waals surface area contributed by atoms with E-state index in [4.69, 9.17) is 15.6 Å². The molecule has 4 aromatic heterocycles. The highest BCUT2D eigenvalue weighted by molar-refractivity contribution is 6.05. The molecule has 0 aliphatic rings. The monoisotopic (exact) mass is 555 g/mol. The van der Waals surface area contributed by atoms with Gasteiger partial charge < -0.3 is 20.9 Å². The predicted octanol–water partition coefficient (Wildman–Crippen LogP) is 2.13. The number of pyridine rings is 1. The maximum Gasteiger partial charge on any atom is 0.325 e. The van der Waals surface area contributed by atoms with Gasteiger partial charge in [0.1, 0.15) is 23.6 Å². The van der Waals surface area contributed by atoms with E-state index >= 15 is 0 Å². The smallest absolute Gasteiger partial charge is 0.325 e. The van der Waals surface area contributed by atoms with Crippen molar-refractivity contribution in [1.82, 2.24) is 34.1 Å². The number of anilines is 2. The molecule has 0 bridgehead atoms. The van der Waals surface area contributed by atoms with Gasteiger partial charge >= 0.3 is 5.97 Å². The van der Waals surface area contributed by atoms with Crippen LogP contribution >= 0.6 is 0 Å². The van der Waals surface area contributed by atoms with E-state index in [1.54, 1.807) is 55.1 Å². The minimum atomic E-state index is -1.02. The fraction of sp³-hybridized carbons (Fsp3) is 0.148. The molecule has 1 aromatic carbocycles. The third-order valence-corrected chi connectivity index (χ3v) is 6.37. The predicted molar refractivity (Wildman–Crippen MR) is 149 cm³/mol. The molecule has 4 N–H and O–H groups in total. The number of nitrogens with one attached hydrogen (secondary N) is 1. The Morgan fingerprint density at radius 1 is 1.10 bits per heavy atom. The second kappa shape index (κ2) is 10.8. The van der Waals surface area contributed by atoms with Gasteiger partial charge in [-0.25, -0.2) is 14.6 Å². The zero-order chi connectivity index (χ0) is 29.3. The van der Waals surface area contributed by atoms with Gasteiger partial charge in [-0.3, -0.25) is 28.7 Å². The van der Waals surface area contributed by atoms with Crippen LogP contribution in [0.1, 0.15) is 16.1 Å². The van der Waals surface area contributed by atoms with Crippen LogP contribution in [-0.4, -0.2) is 58.2 Å². The summed E-state index contributed by atoms with van der Waals surface area (Å²) in [6.07, 6.45) is 5.89. The van der Waals surface area contributed by atoms with Gasteiger partial charge in [0, 0.05) is 24.9 Å². The number of benzene rings is 1. The third-order valence-electron chi connectivity index (χ3n) is 6.37. The quantitative estimate of drug-likeness (QED) is 0.256. The molecule has 1 amide bonds. The molecular weight excluding hydrogens is 530 g/mol. The lowest BCUT2D eigenvalue weighted by atomic mass is 10.2. The Labute approximate surface area is 232 Å². The summed E-state index contributed by atoms with van der Waals surface area (Å²) in [5, 5.41) is 15.7. The highest BCUT2D eigenvalue weighted by atomic mass is 16.5. The number of nitrogens with zero attached hydrogens (tertiary/aromatic N) is 7. The Balaban J connectivity index is 1.38. The van der Waals surface area contributed by atoms with Gasteiger partial charge in [-0.15, -0.1) is 0 Å². The molecule has 0 aliphatic heterocycles. The summed E-state index contributed by atoms with van der Waals surface area (Å²) in [7, 11) is 3.23. The van der Waals surface area contributed by atoms with E-state index < -0.39 is 17.4 Å². The first kappa shape index (κ1) is 26.8. The molecule has 0 atom stereocenters. The molecule has 0 fully saturated rings. The number of hydrogen-bond acceptors (Lipinski definition) is 9. The fourth-order valence-corrected chi connectivity index (χ4v) is 4.25. The van der Waals surface area contributed by atoms with Gasteiger partial charge in [0.05, 0.1) is 54.2 Å². The number of nitrogen functional groups attached to an aromatic ring is 1. The van der Waals surface area contributed by atoms with Crippen molar-refractivity contribution in [2.24, 2.45) is 7.05 Å². The average Bonchev–Trinajstić information content (AvgIpc) is 3.50. The summed E-state index contributed by atoms with van der Waals surface area (Å²) in [4.78, 5) is 50.5. The molecular formula is C27H25N9O5. The van der Waals surface area contributed by atoms with Crippen LogP contribution < -0.4 is 21.3 Å². The largest absolute Gasteiger partial charge is 0.497 e. The number of nitrogens with two attached hydrogens (primary N) is 1. The second-order valence-corrected chi connectivity index (χ2v) is 9.00. The Kier molecular flexibility index (Phi) is 7.04. The number of aliphatic carboxylic acids is 1. The normalized spacial score (nSPS) is 10.9. The lowest BCUT2D eigenvalue weighted by molar-refractivity contribution is -0.137. The van der Waals surface area contributed by atoms with Crippen molar-refractivity contribution < 1.29 is 19.4 Å². The minimum Gasteiger partial charge on any atom is -0.497 e. The number of amides is 1. The zero-order valence-corrected chi connectivity index (χ0v) is 22.3. The number of carbonyl (C=O) groups is 2. The first-order chi connectivity index (χ1) is 19.7. The summed E-state index contributed by atoms with van der Waals surface area (Å²) in [5.74, 6) is -0.896. The van der Waals surface area contributed by atoms with Crippen molar-refractivity contribution in [3.63, 3.8) is 0 Å². The number of methoxy groups -OCH3 is 1. The van der Waals surface area contributed by atoms with E-state index in [-0.39, 0.29) is 17.9 Å². The Bertz CT molecular complexity index is 1840. The molecule has 0 saturated heterocycles. The van der Waals surface area contributed by atoms with E-state index in [0.29, 0.717) is 45.5 Å². The van der Waals surface area contributed by atoms with Crippen LogP contribution in [-0.2, 0) is 18.4 Å². The first-order valence-corrected chi connectivity index (χ1v) is 12.2. The number of carboxylic acid groups (broad SMARTS) is 1. The lowest BCUT2D eigenvalue weighted by Crippen LogP contribution is -2.25. The van der Waals surface area contributed by atoms with Gasteiger partial charge in [0.25, 0.3) is 11.5 Å². The van der Waals surface area contributed by atoms with E-state index in [9.17, 15) is 14.4 Å². The molecule has 0 aliphatic carbocycles.